The van der Waals surface area contributed by atoms with E-state index in [1.807, 2.05) is 42.5 Å². The molecule has 2 heterocycles. The Morgan fingerprint density at radius 1 is 1.07 bits per heavy atom. The number of rotatable bonds is 9. The van der Waals surface area contributed by atoms with Crippen molar-refractivity contribution in [1.29, 1.82) is 0 Å². The molecule has 1 fully saturated rings. The molecule has 0 spiro atoms. The van der Waals surface area contributed by atoms with Crippen molar-refractivity contribution in [3.05, 3.63) is 54.5 Å². The number of nitrogens with zero attached hydrogens (tertiary/aromatic N) is 1. The van der Waals surface area contributed by atoms with Crippen LogP contribution in [0.2, 0.25) is 0 Å². The van der Waals surface area contributed by atoms with Crippen LogP contribution in [0.4, 0.5) is 0 Å². The van der Waals surface area contributed by atoms with Crippen molar-refractivity contribution in [2.45, 2.75) is 44.6 Å². The van der Waals surface area contributed by atoms with Crippen LogP contribution in [0, 0.1) is 0 Å². The summed E-state index contributed by atoms with van der Waals surface area (Å²) >= 11 is 0. The first-order valence-electron chi connectivity index (χ1n) is 10.0. The van der Waals surface area contributed by atoms with E-state index in [9.17, 15) is 4.79 Å². The number of para-hydroxylation sites is 1. The van der Waals surface area contributed by atoms with Gasteiger partial charge in [0, 0.05) is 13.0 Å². The standard InChI is InChI=1S/C22H30N2O3/c25-22(13-9-16-26-19-10-4-3-5-11-19)23-18-20(21-12-8-17-27-21)24-14-6-1-2-7-15-24/h3-5,8,10-12,17,20H,1-2,6-7,9,13-16,18H2,(H,23,25). The number of nitrogens with one attached hydrogen (secondary N) is 1. The Morgan fingerprint density at radius 3 is 2.56 bits per heavy atom. The van der Waals surface area contributed by atoms with Gasteiger partial charge < -0.3 is 14.5 Å². The number of benzene rings is 1. The van der Waals surface area contributed by atoms with Gasteiger partial charge in [-0.25, -0.2) is 0 Å². The van der Waals surface area contributed by atoms with E-state index in [2.05, 4.69) is 10.2 Å². The van der Waals surface area contributed by atoms with Crippen LogP contribution in [-0.4, -0.2) is 37.0 Å². The highest BCUT2D eigenvalue weighted by Crippen LogP contribution is 2.24. The van der Waals surface area contributed by atoms with Crippen molar-refractivity contribution in [1.82, 2.24) is 10.2 Å². The van der Waals surface area contributed by atoms with Crippen molar-refractivity contribution in [3.8, 4) is 5.75 Å². The molecule has 5 nitrogen and oxygen atoms in total. The summed E-state index contributed by atoms with van der Waals surface area (Å²) < 4.78 is 11.3. The molecule has 0 saturated carbocycles. The predicted molar refractivity (Wildman–Crippen MR) is 106 cm³/mol. The summed E-state index contributed by atoms with van der Waals surface area (Å²) in [6.07, 6.45) is 7.88. The molecule has 3 rings (SSSR count). The number of carbonyl (C=O) groups excluding carboxylic acids is 1. The minimum Gasteiger partial charge on any atom is -0.494 e. The second kappa shape index (κ2) is 10.8. The maximum absolute atomic E-state index is 12.3. The second-order valence-corrected chi connectivity index (χ2v) is 7.05. The van der Waals surface area contributed by atoms with Crippen LogP contribution in [0.3, 0.4) is 0 Å². The van der Waals surface area contributed by atoms with Gasteiger partial charge in [-0.15, -0.1) is 0 Å². The molecule has 1 unspecified atom stereocenters. The maximum Gasteiger partial charge on any atom is 0.220 e. The van der Waals surface area contributed by atoms with E-state index >= 15 is 0 Å². The number of hydrogen-bond donors (Lipinski definition) is 1. The van der Waals surface area contributed by atoms with Crippen molar-refractivity contribution in [2.75, 3.05) is 26.2 Å². The summed E-state index contributed by atoms with van der Waals surface area (Å²) in [6, 6.07) is 13.7. The SMILES string of the molecule is O=C(CCCOc1ccccc1)NCC(c1ccco1)N1CCCCCC1. The molecule has 1 amide bonds. The number of amides is 1. The van der Waals surface area contributed by atoms with Gasteiger partial charge in [0.25, 0.3) is 0 Å². The molecule has 27 heavy (non-hydrogen) atoms. The molecule has 5 heteroatoms. The Labute approximate surface area is 161 Å². The summed E-state index contributed by atoms with van der Waals surface area (Å²) in [5.41, 5.74) is 0. The lowest BCUT2D eigenvalue weighted by atomic mass is 10.1. The molecule has 1 N–H and O–H groups in total. The molecule has 2 aromatic rings. The molecular formula is C22H30N2O3. The third-order valence-electron chi connectivity index (χ3n) is 5.01. The Bertz CT molecular complexity index is 649. The molecule has 146 valence electrons. The molecule has 1 aliphatic heterocycles. The molecule has 1 saturated heterocycles. The maximum atomic E-state index is 12.3. The summed E-state index contributed by atoms with van der Waals surface area (Å²) in [4.78, 5) is 14.7. The van der Waals surface area contributed by atoms with Gasteiger partial charge in [-0.05, 0) is 56.6 Å². The Balaban J connectivity index is 1.43. The van der Waals surface area contributed by atoms with Crippen molar-refractivity contribution >= 4 is 5.91 Å². The van der Waals surface area contributed by atoms with Gasteiger partial charge in [-0.3, -0.25) is 9.69 Å². The monoisotopic (exact) mass is 370 g/mol. The normalized spacial score (nSPS) is 16.4. The van der Waals surface area contributed by atoms with Crippen LogP contribution in [0.5, 0.6) is 5.75 Å². The fourth-order valence-electron chi connectivity index (χ4n) is 3.54. The number of carbonyl (C=O) groups is 1. The summed E-state index contributed by atoms with van der Waals surface area (Å²) in [7, 11) is 0. The van der Waals surface area contributed by atoms with Crippen LogP contribution in [0.25, 0.3) is 0 Å². The van der Waals surface area contributed by atoms with Crippen LogP contribution >= 0.6 is 0 Å². The van der Waals surface area contributed by atoms with E-state index < -0.39 is 0 Å². The summed E-state index contributed by atoms with van der Waals surface area (Å²) in [5.74, 6) is 1.85. The molecule has 1 aromatic heterocycles. The molecule has 1 atom stereocenters. The predicted octanol–water partition coefficient (Wildman–Crippen LogP) is 4.17. The first kappa shape index (κ1) is 19.5. The average molecular weight is 370 g/mol. The highest BCUT2D eigenvalue weighted by atomic mass is 16.5. The van der Waals surface area contributed by atoms with Crippen LogP contribution in [0.15, 0.2) is 53.1 Å². The second-order valence-electron chi connectivity index (χ2n) is 7.05. The zero-order valence-electron chi connectivity index (χ0n) is 15.9. The summed E-state index contributed by atoms with van der Waals surface area (Å²) in [5, 5.41) is 3.09. The zero-order chi connectivity index (χ0) is 18.7. The number of ether oxygens (including phenoxy) is 1. The van der Waals surface area contributed by atoms with Gasteiger partial charge in [0.15, 0.2) is 0 Å². The number of hydrogen-bond acceptors (Lipinski definition) is 4. The third-order valence-corrected chi connectivity index (χ3v) is 5.01. The Kier molecular flexibility index (Phi) is 7.78. The first-order valence-corrected chi connectivity index (χ1v) is 10.0. The Hall–Kier alpha value is -2.27. The van der Waals surface area contributed by atoms with Gasteiger partial charge >= 0.3 is 0 Å². The lowest BCUT2D eigenvalue weighted by molar-refractivity contribution is -0.121. The van der Waals surface area contributed by atoms with Gasteiger partial charge in [-0.2, -0.15) is 0 Å². The third kappa shape index (κ3) is 6.43. The fraction of sp³-hybridized carbons (Fsp3) is 0.500. The van der Waals surface area contributed by atoms with E-state index in [-0.39, 0.29) is 11.9 Å². The van der Waals surface area contributed by atoms with E-state index in [1.54, 1.807) is 6.26 Å². The smallest absolute Gasteiger partial charge is 0.220 e. The number of likely N-dealkylation sites (tertiary alicyclic amines) is 1. The van der Waals surface area contributed by atoms with E-state index in [1.165, 1.54) is 25.7 Å². The van der Waals surface area contributed by atoms with Crippen molar-refractivity contribution in [3.63, 3.8) is 0 Å². The molecule has 0 aliphatic carbocycles. The van der Waals surface area contributed by atoms with E-state index in [0.29, 0.717) is 26.0 Å². The van der Waals surface area contributed by atoms with E-state index in [4.69, 9.17) is 9.15 Å². The molecule has 0 radical (unpaired) electrons. The highest BCUT2D eigenvalue weighted by molar-refractivity contribution is 5.75. The van der Waals surface area contributed by atoms with Gasteiger partial charge in [-0.1, -0.05) is 31.0 Å². The zero-order valence-corrected chi connectivity index (χ0v) is 15.9. The minimum absolute atomic E-state index is 0.0676. The van der Waals surface area contributed by atoms with Gasteiger partial charge in [0.05, 0.1) is 18.9 Å². The largest absolute Gasteiger partial charge is 0.494 e. The fourth-order valence-corrected chi connectivity index (χ4v) is 3.54. The Morgan fingerprint density at radius 2 is 1.85 bits per heavy atom. The quantitative estimate of drug-likeness (QED) is 0.673. The molecule has 0 bridgehead atoms. The van der Waals surface area contributed by atoms with Gasteiger partial charge in [0.2, 0.25) is 5.91 Å². The van der Waals surface area contributed by atoms with Crippen LogP contribution < -0.4 is 10.1 Å². The molecule has 1 aliphatic rings. The molecular weight excluding hydrogens is 340 g/mol. The van der Waals surface area contributed by atoms with Crippen LogP contribution in [-0.2, 0) is 4.79 Å². The summed E-state index contributed by atoms with van der Waals surface area (Å²) in [6.45, 7) is 3.26. The van der Waals surface area contributed by atoms with E-state index in [0.717, 1.165) is 24.6 Å². The molecule has 1 aromatic carbocycles. The lowest BCUT2D eigenvalue weighted by Crippen LogP contribution is -2.38. The topological polar surface area (TPSA) is 54.7 Å². The minimum atomic E-state index is 0.0676. The number of furan rings is 1. The van der Waals surface area contributed by atoms with Gasteiger partial charge in [0.1, 0.15) is 11.5 Å². The van der Waals surface area contributed by atoms with Crippen LogP contribution in [0.1, 0.15) is 50.3 Å². The highest BCUT2D eigenvalue weighted by Gasteiger charge is 2.24. The lowest BCUT2D eigenvalue weighted by Gasteiger charge is -2.29. The first-order chi connectivity index (χ1) is 13.3. The van der Waals surface area contributed by atoms with Crippen molar-refractivity contribution in [2.24, 2.45) is 0 Å². The average Bonchev–Trinajstić information content (AvgIpc) is 3.09. The van der Waals surface area contributed by atoms with Crippen molar-refractivity contribution < 1.29 is 13.9 Å².